The van der Waals surface area contributed by atoms with E-state index >= 15 is 0 Å². The normalized spacial score (nSPS) is 29.4. The summed E-state index contributed by atoms with van der Waals surface area (Å²) in [6.07, 6.45) is -2.70. The van der Waals surface area contributed by atoms with Crippen LogP contribution in [0.25, 0.3) is 0 Å². The SMILES string of the molecule is CO[C@@H]1OC[C@@H](NC(C)=O)[C@@H](OC(C)=O)[C@H]1OC(C)=O. The van der Waals surface area contributed by atoms with Crippen LogP contribution in [0.15, 0.2) is 0 Å². The molecule has 0 saturated carbocycles. The number of esters is 2. The lowest BCUT2D eigenvalue weighted by Gasteiger charge is -2.40. The maximum Gasteiger partial charge on any atom is 0.303 e. The summed E-state index contributed by atoms with van der Waals surface area (Å²) >= 11 is 0. The zero-order valence-electron chi connectivity index (χ0n) is 11.9. The van der Waals surface area contributed by atoms with Crippen LogP contribution in [0.5, 0.6) is 0 Å². The second-order valence-electron chi connectivity index (χ2n) is 4.39. The Morgan fingerprint density at radius 1 is 1.05 bits per heavy atom. The van der Waals surface area contributed by atoms with Gasteiger partial charge in [-0.1, -0.05) is 0 Å². The van der Waals surface area contributed by atoms with Crippen molar-refractivity contribution >= 4 is 17.8 Å². The molecule has 8 nitrogen and oxygen atoms in total. The maximum atomic E-state index is 11.2. The van der Waals surface area contributed by atoms with Crippen molar-refractivity contribution in [1.82, 2.24) is 5.32 Å². The molecule has 20 heavy (non-hydrogen) atoms. The Bertz CT molecular complexity index is 384. The molecule has 0 aromatic rings. The number of ether oxygens (including phenoxy) is 4. The lowest BCUT2D eigenvalue weighted by atomic mass is 10.0. The number of carbonyl (C=O) groups excluding carboxylic acids is 3. The van der Waals surface area contributed by atoms with Crippen molar-refractivity contribution < 1.29 is 33.3 Å². The quantitative estimate of drug-likeness (QED) is 0.687. The topological polar surface area (TPSA) is 100 Å². The third-order valence-electron chi connectivity index (χ3n) is 2.65. The first-order valence-corrected chi connectivity index (χ1v) is 6.11. The first-order chi connectivity index (χ1) is 9.35. The molecule has 4 atom stereocenters. The average molecular weight is 289 g/mol. The summed E-state index contributed by atoms with van der Waals surface area (Å²) in [6.45, 7) is 3.86. The molecule has 0 aromatic carbocycles. The zero-order chi connectivity index (χ0) is 15.3. The first-order valence-electron chi connectivity index (χ1n) is 6.11. The van der Waals surface area contributed by atoms with Gasteiger partial charge in [0.1, 0.15) is 0 Å². The van der Waals surface area contributed by atoms with E-state index in [9.17, 15) is 14.4 Å². The van der Waals surface area contributed by atoms with Gasteiger partial charge in [-0.3, -0.25) is 14.4 Å². The number of rotatable bonds is 4. The van der Waals surface area contributed by atoms with Gasteiger partial charge in [0.15, 0.2) is 18.5 Å². The van der Waals surface area contributed by atoms with Gasteiger partial charge in [-0.05, 0) is 0 Å². The summed E-state index contributed by atoms with van der Waals surface area (Å²) in [4.78, 5) is 33.6. The van der Waals surface area contributed by atoms with E-state index in [4.69, 9.17) is 18.9 Å². The second-order valence-corrected chi connectivity index (χ2v) is 4.39. The molecule has 1 saturated heterocycles. The molecular weight excluding hydrogens is 270 g/mol. The highest BCUT2D eigenvalue weighted by Gasteiger charge is 2.45. The molecular formula is C12H19NO7. The molecule has 114 valence electrons. The molecule has 8 heteroatoms. The van der Waals surface area contributed by atoms with Gasteiger partial charge in [0.25, 0.3) is 0 Å². The molecule has 1 rings (SSSR count). The molecule has 1 fully saturated rings. The Balaban J connectivity index is 2.95. The third kappa shape index (κ3) is 4.46. The Labute approximate surface area is 116 Å². The fourth-order valence-corrected chi connectivity index (χ4v) is 2.01. The molecule has 0 spiro atoms. The van der Waals surface area contributed by atoms with Crippen LogP contribution in [0, 0.1) is 0 Å². The summed E-state index contributed by atoms with van der Waals surface area (Å²) in [6, 6.07) is -0.618. The van der Waals surface area contributed by atoms with Gasteiger partial charge in [0.2, 0.25) is 5.91 Å². The number of methoxy groups -OCH3 is 1. The molecule has 1 aliphatic heterocycles. The van der Waals surface area contributed by atoms with Crippen LogP contribution in [-0.2, 0) is 33.3 Å². The van der Waals surface area contributed by atoms with Crippen molar-refractivity contribution in [2.75, 3.05) is 13.7 Å². The van der Waals surface area contributed by atoms with Gasteiger partial charge in [0.05, 0.1) is 12.6 Å². The molecule has 0 bridgehead atoms. The predicted octanol–water partition coefficient (Wildman–Crippen LogP) is -0.643. The Morgan fingerprint density at radius 3 is 2.05 bits per heavy atom. The number of carbonyl (C=O) groups is 3. The van der Waals surface area contributed by atoms with Crippen molar-refractivity contribution in [3.05, 3.63) is 0 Å². The minimum Gasteiger partial charge on any atom is -0.456 e. The molecule has 0 aromatic heterocycles. The van der Waals surface area contributed by atoms with Gasteiger partial charge in [-0.15, -0.1) is 0 Å². The van der Waals surface area contributed by atoms with Gasteiger partial charge < -0.3 is 24.3 Å². The van der Waals surface area contributed by atoms with E-state index in [-0.39, 0.29) is 12.5 Å². The van der Waals surface area contributed by atoms with E-state index < -0.39 is 36.5 Å². The Kier molecular flexibility index (Phi) is 5.90. The molecule has 1 aliphatic rings. The molecule has 1 N–H and O–H groups in total. The van der Waals surface area contributed by atoms with Crippen molar-refractivity contribution in [2.24, 2.45) is 0 Å². The Morgan fingerprint density at radius 2 is 1.60 bits per heavy atom. The second kappa shape index (κ2) is 7.20. The van der Waals surface area contributed by atoms with Gasteiger partial charge in [-0.25, -0.2) is 0 Å². The minimum absolute atomic E-state index is 0.0772. The summed E-state index contributed by atoms with van der Waals surface area (Å²) in [5, 5.41) is 2.60. The fourth-order valence-electron chi connectivity index (χ4n) is 2.01. The third-order valence-corrected chi connectivity index (χ3v) is 2.65. The van der Waals surface area contributed by atoms with Crippen molar-refractivity contribution in [3.63, 3.8) is 0 Å². The zero-order valence-corrected chi connectivity index (χ0v) is 11.9. The van der Waals surface area contributed by atoms with Crippen LogP contribution in [0.3, 0.4) is 0 Å². The predicted molar refractivity (Wildman–Crippen MR) is 65.5 cm³/mol. The van der Waals surface area contributed by atoms with E-state index in [0.717, 1.165) is 0 Å². The van der Waals surface area contributed by atoms with E-state index in [1.165, 1.54) is 27.9 Å². The summed E-state index contributed by atoms with van der Waals surface area (Å²) < 4.78 is 20.7. The highest BCUT2D eigenvalue weighted by Crippen LogP contribution is 2.22. The van der Waals surface area contributed by atoms with Crippen LogP contribution in [0.1, 0.15) is 20.8 Å². The highest BCUT2D eigenvalue weighted by molar-refractivity contribution is 5.73. The molecule has 1 heterocycles. The van der Waals surface area contributed by atoms with Crippen molar-refractivity contribution in [1.29, 1.82) is 0 Å². The largest absolute Gasteiger partial charge is 0.456 e. The van der Waals surface area contributed by atoms with Crippen LogP contribution in [0.4, 0.5) is 0 Å². The van der Waals surface area contributed by atoms with Crippen molar-refractivity contribution in [3.8, 4) is 0 Å². The molecule has 0 aliphatic carbocycles. The molecule has 0 unspecified atom stereocenters. The van der Waals surface area contributed by atoms with Crippen LogP contribution < -0.4 is 5.32 Å². The first kappa shape index (κ1) is 16.4. The van der Waals surface area contributed by atoms with Gasteiger partial charge in [-0.2, -0.15) is 0 Å². The van der Waals surface area contributed by atoms with Crippen LogP contribution in [0.2, 0.25) is 0 Å². The fraction of sp³-hybridized carbons (Fsp3) is 0.750. The monoisotopic (exact) mass is 289 g/mol. The number of nitrogens with one attached hydrogen (secondary N) is 1. The van der Waals surface area contributed by atoms with Gasteiger partial charge in [0, 0.05) is 27.9 Å². The molecule has 1 amide bonds. The number of amides is 1. The smallest absolute Gasteiger partial charge is 0.303 e. The lowest BCUT2D eigenvalue weighted by molar-refractivity contribution is -0.254. The Hall–Kier alpha value is -1.67. The van der Waals surface area contributed by atoms with Crippen LogP contribution in [-0.4, -0.2) is 56.1 Å². The van der Waals surface area contributed by atoms with E-state index in [1.807, 2.05) is 0 Å². The van der Waals surface area contributed by atoms with Crippen molar-refractivity contribution in [2.45, 2.75) is 45.3 Å². The summed E-state index contributed by atoms with van der Waals surface area (Å²) in [5.74, 6) is -1.44. The molecule has 0 radical (unpaired) electrons. The minimum atomic E-state index is -0.952. The highest BCUT2D eigenvalue weighted by atomic mass is 16.7. The number of hydrogen-bond donors (Lipinski definition) is 1. The number of hydrogen-bond acceptors (Lipinski definition) is 7. The van der Waals surface area contributed by atoms with E-state index in [1.54, 1.807) is 0 Å². The summed E-state index contributed by atoms with van der Waals surface area (Å²) in [7, 11) is 1.38. The lowest BCUT2D eigenvalue weighted by Crippen LogP contribution is -2.61. The summed E-state index contributed by atoms with van der Waals surface area (Å²) in [5.41, 5.74) is 0. The van der Waals surface area contributed by atoms with Crippen LogP contribution >= 0.6 is 0 Å². The maximum absolute atomic E-state index is 11.2. The van der Waals surface area contributed by atoms with E-state index in [2.05, 4.69) is 5.32 Å². The van der Waals surface area contributed by atoms with Gasteiger partial charge >= 0.3 is 11.9 Å². The van der Waals surface area contributed by atoms with E-state index in [0.29, 0.717) is 0 Å². The average Bonchev–Trinajstić information content (AvgIpc) is 2.31. The standard InChI is InChI=1S/C12H19NO7/c1-6(14)13-9-5-18-12(17-4)11(20-8(3)16)10(9)19-7(2)15/h9-12H,5H2,1-4H3,(H,13,14)/t9-,10-,11-,12-/m1/s1.